The minimum atomic E-state index is -0.536. The van der Waals surface area contributed by atoms with Crippen LogP contribution in [0, 0.1) is 0 Å². The smallest absolute Gasteiger partial charge is 0.361 e. The average Bonchev–Trinajstić information content (AvgIpc) is 2.72. The third-order valence-electron chi connectivity index (χ3n) is 2.16. The molecule has 0 fully saturated rings. The second-order valence-corrected chi connectivity index (χ2v) is 4.35. The molecule has 0 spiro atoms. The third kappa shape index (κ3) is 2.51. The highest BCUT2D eigenvalue weighted by molar-refractivity contribution is 9.10. The number of nitrogens with two attached hydrogens (primary N) is 1. The minimum Gasteiger partial charge on any atom is -0.461 e. The van der Waals surface area contributed by atoms with Crippen molar-refractivity contribution in [3.05, 3.63) is 34.7 Å². The zero-order chi connectivity index (χ0) is 13.1. The van der Waals surface area contributed by atoms with Gasteiger partial charge in [0.05, 0.1) is 18.5 Å². The van der Waals surface area contributed by atoms with Gasteiger partial charge in [-0.1, -0.05) is 0 Å². The number of esters is 1. The van der Waals surface area contributed by atoms with E-state index in [0.29, 0.717) is 5.82 Å². The lowest BCUT2D eigenvalue weighted by atomic mass is 10.4. The molecule has 7 heteroatoms. The topological polar surface area (TPSA) is 83.0 Å². The van der Waals surface area contributed by atoms with Gasteiger partial charge >= 0.3 is 5.97 Å². The molecule has 0 aliphatic rings. The first kappa shape index (κ1) is 12.6. The summed E-state index contributed by atoms with van der Waals surface area (Å²) >= 11 is 3.29. The Morgan fingerprint density at radius 2 is 2.33 bits per heavy atom. The number of pyridine rings is 1. The van der Waals surface area contributed by atoms with Gasteiger partial charge < -0.3 is 10.5 Å². The molecule has 0 amide bonds. The minimum absolute atomic E-state index is 0.0987. The van der Waals surface area contributed by atoms with E-state index in [1.54, 1.807) is 19.2 Å². The van der Waals surface area contributed by atoms with Crippen LogP contribution in [0.5, 0.6) is 0 Å². The molecule has 0 unspecified atom stereocenters. The van der Waals surface area contributed by atoms with Gasteiger partial charge in [-0.3, -0.25) is 0 Å². The van der Waals surface area contributed by atoms with Crippen molar-refractivity contribution in [3.63, 3.8) is 0 Å². The number of ether oxygens (including phenoxy) is 1. The van der Waals surface area contributed by atoms with Crippen LogP contribution in [0.1, 0.15) is 17.4 Å². The molecule has 2 rings (SSSR count). The summed E-state index contributed by atoms with van der Waals surface area (Å²) < 4.78 is 7.15. The maximum absolute atomic E-state index is 11.6. The van der Waals surface area contributed by atoms with Crippen LogP contribution in [0.4, 0.5) is 5.69 Å². The Balaban J connectivity index is 2.34. The molecule has 0 radical (unpaired) electrons. The zero-order valence-electron chi connectivity index (χ0n) is 9.63. The Kier molecular flexibility index (Phi) is 3.61. The van der Waals surface area contributed by atoms with Crippen molar-refractivity contribution in [3.8, 4) is 5.82 Å². The fourth-order valence-electron chi connectivity index (χ4n) is 1.37. The lowest BCUT2D eigenvalue weighted by Gasteiger charge is -1.99. The summed E-state index contributed by atoms with van der Waals surface area (Å²) in [5.74, 6) is 0.0336. The molecule has 2 aromatic rings. The Hall–Kier alpha value is -1.89. The maximum Gasteiger partial charge on any atom is 0.361 e. The monoisotopic (exact) mass is 310 g/mol. The Bertz CT molecular complexity index is 565. The second-order valence-electron chi connectivity index (χ2n) is 3.43. The molecule has 2 aromatic heterocycles. The summed E-state index contributed by atoms with van der Waals surface area (Å²) in [4.78, 5) is 15.7. The number of hydrogen-bond donors (Lipinski definition) is 1. The summed E-state index contributed by atoms with van der Waals surface area (Å²) in [5.41, 5.74) is 6.08. The molecule has 0 aliphatic carbocycles. The van der Waals surface area contributed by atoms with Crippen molar-refractivity contribution in [2.75, 3.05) is 12.3 Å². The fourth-order valence-corrected chi connectivity index (χ4v) is 1.60. The van der Waals surface area contributed by atoms with Crippen molar-refractivity contribution in [1.29, 1.82) is 0 Å². The van der Waals surface area contributed by atoms with Crippen LogP contribution in [-0.4, -0.2) is 27.3 Å². The number of anilines is 1. The maximum atomic E-state index is 11.6. The van der Waals surface area contributed by atoms with Crippen LogP contribution in [0.2, 0.25) is 0 Å². The SMILES string of the molecule is CCOC(=O)c1nn(-c2ccc(Br)cn2)cc1N. The van der Waals surface area contributed by atoms with Crippen LogP contribution in [0.15, 0.2) is 29.0 Å². The van der Waals surface area contributed by atoms with Gasteiger partial charge in [-0.25, -0.2) is 14.5 Å². The molecule has 0 atom stereocenters. The molecule has 6 nitrogen and oxygen atoms in total. The largest absolute Gasteiger partial charge is 0.461 e. The zero-order valence-corrected chi connectivity index (χ0v) is 11.2. The fraction of sp³-hybridized carbons (Fsp3) is 0.182. The summed E-state index contributed by atoms with van der Waals surface area (Å²) in [6, 6.07) is 3.58. The number of rotatable bonds is 3. The number of hydrogen-bond acceptors (Lipinski definition) is 5. The van der Waals surface area contributed by atoms with Crippen LogP contribution in [0.25, 0.3) is 5.82 Å². The van der Waals surface area contributed by atoms with Crippen molar-refractivity contribution < 1.29 is 9.53 Å². The van der Waals surface area contributed by atoms with E-state index >= 15 is 0 Å². The first-order valence-electron chi connectivity index (χ1n) is 5.26. The van der Waals surface area contributed by atoms with Gasteiger partial charge in [-0.2, -0.15) is 5.10 Å². The van der Waals surface area contributed by atoms with Crippen molar-refractivity contribution in [1.82, 2.24) is 14.8 Å². The van der Waals surface area contributed by atoms with E-state index in [-0.39, 0.29) is 18.0 Å². The van der Waals surface area contributed by atoms with Crippen molar-refractivity contribution >= 4 is 27.6 Å². The Morgan fingerprint density at radius 3 is 2.94 bits per heavy atom. The van der Waals surface area contributed by atoms with Gasteiger partial charge in [-0.05, 0) is 35.0 Å². The van der Waals surface area contributed by atoms with Crippen LogP contribution >= 0.6 is 15.9 Å². The van der Waals surface area contributed by atoms with Gasteiger partial charge in [0.1, 0.15) is 0 Å². The number of nitrogen functional groups attached to an aromatic ring is 1. The standard InChI is InChI=1S/C11H11BrN4O2/c1-2-18-11(17)10-8(13)6-16(15-10)9-4-3-7(12)5-14-9/h3-6H,2,13H2,1H3. The first-order valence-corrected chi connectivity index (χ1v) is 6.05. The predicted octanol–water partition coefficient (Wildman–Crippen LogP) is 1.79. The molecule has 0 bridgehead atoms. The molecule has 0 saturated carbocycles. The van der Waals surface area contributed by atoms with E-state index in [4.69, 9.17) is 10.5 Å². The molecule has 94 valence electrons. The second kappa shape index (κ2) is 5.18. The normalized spacial score (nSPS) is 10.3. The molecule has 18 heavy (non-hydrogen) atoms. The van der Waals surface area contributed by atoms with Crippen molar-refractivity contribution in [2.24, 2.45) is 0 Å². The lowest BCUT2D eigenvalue weighted by molar-refractivity contribution is 0.0520. The highest BCUT2D eigenvalue weighted by Gasteiger charge is 2.16. The van der Waals surface area contributed by atoms with E-state index in [1.165, 1.54) is 10.9 Å². The molecule has 2 heterocycles. The highest BCUT2D eigenvalue weighted by Crippen LogP contribution is 2.15. The number of nitrogens with zero attached hydrogens (tertiary/aromatic N) is 3. The van der Waals surface area contributed by atoms with Crippen molar-refractivity contribution in [2.45, 2.75) is 6.92 Å². The van der Waals surface area contributed by atoms with Gasteiger partial charge in [0.25, 0.3) is 0 Å². The number of aromatic nitrogens is 3. The average molecular weight is 311 g/mol. The molecule has 0 aliphatic heterocycles. The quantitative estimate of drug-likeness (QED) is 0.874. The van der Waals surface area contributed by atoms with Crippen LogP contribution < -0.4 is 5.73 Å². The summed E-state index contributed by atoms with van der Waals surface area (Å²) in [6.07, 6.45) is 3.17. The number of carbonyl (C=O) groups is 1. The van der Waals surface area contributed by atoms with E-state index in [2.05, 4.69) is 26.0 Å². The van der Waals surface area contributed by atoms with Gasteiger partial charge in [-0.15, -0.1) is 0 Å². The number of carbonyl (C=O) groups excluding carboxylic acids is 1. The summed E-state index contributed by atoms with van der Waals surface area (Å²) in [5, 5.41) is 4.07. The third-order valence-corrected chi connectivity index (χ3v) is 2.63. The summed E-state index contributed by atoms with van der Waals surface area (Å²) in [6.45, 7) is 2.00. The van der Waals surface area contributed by atoms with Gasteiger partial charge in [0.2, 0.25) is 0 Å². The molecule has 0 saturated heterocycles. The summed E-state index contributed by atoms with van der Waals surface area (Å²) in [7, 11) is 0. The first-order chi connectivity index (χ1) is 8.61. The number of halogens is 1. The van der Waals surface area contributed by atoms with E-state index in [1.807, 2.05) is 6.07 Å². The molecular weight excluding hydrogens is 300 g/mol. The van der Waals surface area contributed by atoms with E-state index in [9.17, 15) is 4.79 Å². The molecule has 0 aromatic carbocycles. The van der Waals surface area contributed by atoms with E-state index < -0.39 is 5.97 Å². The van der Waals surface area contributed by atoms with Gasteiger partial charge in [0, 0.05) is 10.7 Å². The Morgan fingerprint density at radius 1 is 1.56 bits per heavy atom. The highest BCUT2D eigenvalue weighted by atomic mass is 79.9. The lowest BCUT2D eigenvalue weighted by Crippen LogP contribution is -2.08. The van der Waals surface area contributed by atoms with E-state index in [0.717, 1.165) is 4.47 Å². The molecular formula is C11H11BrN4O2. The van der Waals surface area contributed by atoms with Gasteiger partial charge in [0.15, 0.2) is 11.5 Å². The Labute approximate surface area is 112 Å². The molecule has 2 N–H and O–H groups in total. The van der Waals surface area contributed by atoms with Crippen LogP contribution in [-0.2, 0) is 4.74 Å². The van der Waals surface area contributed by atoms with Crippen LogP contribution in [0.3, 0.4) is 0 Å². The predicted molar refractivity (Wildman–Crippen MR) is 69.4 cm³/mol.